The van der Waals surface area contributed by atoms with Gasteiger partial charge in [0.2, 0.25) is 0 Å². The van der Waals surface area contributed by atoms with Crippen LogP contribution >= 0.6 is 0 Å². The molecule has 1 saturated heterocycles. The fourth-order valence-electron chi connectivity index (χ4n) is 2.85. The molecule has 0 unspecified atom stereocenters. The number of ether oxygens (including phenoxy) is 1. The third-order valence-electron chi connectivity index (χ3n) is 4.53. The fraction of sp³-hybridized carbons (Fsp3) is 0.211. The topological polar surface area (TPSA) is 87.7 Å². The van der Waals surface area contributed by atoms with Crippen LogP contribution in [0.4, 0.5) is 18.0 Å². The normalized spacial score (nSPS) is 19.1. The van der Waals surface area contributed by atoms with Gasteiger partial charge in [-0.05, 0) is 48.9 Å². The van der Waals surface area contributed by atoms with Crippen LogP contribution < -0.4 is 15.5 Å². The third kappa shape index (κ3) is 3.73. The van der Waals surface area contributed by atoms with Gasteiger partial charge in [-0.25, -0.2) is 4.79 Å². The summed E-state index contributed by atoms with van der Waals surface area (Å²) in [6.45, 7) is 1.46. The smallest absolute Gasteiger partial charge is 0.416 e. The minimum absolute atomic E-state index is 0.145. The van der Waals surface area contributed by atoms with Gasteiger partial charge in [-0.3, -0.25) is 15.0 Å². The maximum Gasteiger partial charge on any atom is 0.416 e. The van der Waals surface area contributed by atoms with Crippen LogP contribution in [0.2, 0.25) is 0 Å². The Balaban J connectivity index is 1.80. The zero-order chi connectivity index (χ0) is 21.4. The van der Waals surface area contributed by atoms with E-state index < -0.39 is 35.1 Å². The van der Waals surface area contributed by atoms with Gasteiger partial charge >= 0.3 is 12.2 Å². The van der Waals surface area contributed by atoms with Crippen molar-refractivity contribution in [3.05, 3.63) is 65.2 Å². The standard InChI is InChI=1S/C19H16F3N3O4/c1-18(13-4-3-5-14(10-13)29-2)16(27)25(17(28)23-18)24-15(26)11-6-8-12(9-7-11)19(20,21)22/h3-10H,1-2H3,(H,23,28)(H,24,26)/t18-/m1/s1. The second-order valence-corrected chi connectivity index (χ2v) is 6.44. The number of urea groups is 1. The summed E-state index contributed by atoms with van der Waals surface area (Å²) in [5, 5.41) is 3.00. The lowest BCUT2D eigenvalue weighted by Crippen LogP contribution is -2.47. The highest BCUT2D eigenvalue weighted by Gasteiger charge is 2.50. The molecule has 29 heavy (non-hydrogen) atoms. The van der Waals surface area contributed by atoms with Crippen molar-refractivity contribution in [2.45, 2.75) is 18.6 Å². The fourth-order valence-corrected chi connectivity index (χ4v) is 2.85. The number of halogens is 3. The summed E-state index contributed by atoms with van der Waals surface area (Å²) in [4.78, 5) is 37.4. The summed E-state index contributed by atoms with van der Waals surface area (Å²) in [7, 11) is 1.45. The van der Waals surface area contributed by atoms with Crippen molar-refractivity contribution < 1.29 is 32.3 Å². The number of amides is 4. The highest BCUT2D eigenvalue weighted by Crippen LogP contribution is 2.31. The Morgan fingerprint density at radius 1 is 1.14 bits per heavy atom. The number of hydrazine groups is 1. The number of hydrogen-bond acceptors (Lipinski definition) is 4. The average molecular weight is 407 g/mol. The minimum atomic E-state index is -4.54. The number of rotatable bonds is 4. The van der Waals surface area contributed by atoms with E-state index in [9.17, 15) is 27.6 Å². The molecule has 2 N–H and O–H groups in total. The van der Waals surface area contributed by atoms with Gasteiger partial charge in [-0.1, -0.05) is 12.1 Å². The van der Waals surface area contributed by atoms with Crippen molar-refractivity contribution in [3.8, 4) is 5.75 Å². The van der Waals surface area contributed by atoms with E-state index in [0.29, 0.717) is 16.3 Å². The Labute approximate surface area is 163 Å². The van der Waals surface area contributed by atoms with E-state index in [4.69, 9.17) is 4.74 Å². The number of methoxy groups -OCH3 is 1. The van der Waals surface area contributed by atoms with Gasteiger partial charge in [0.15, 0.2) is 0 Å². The molecule has 1 aliphatic rings. The van der Waals surface area contributed by atoms with Crippen LogP contribution in [0.1, 0.15) is 28.4 Å². The molecule has 7 nitrogen and oxygen atoms in total. The maximum atomic E-state index is 12.8. The van der Waals surface area contributed by atoms with E-state index in [1.165, 1.54) is 14.0 Å². The molecular formula is C19H16F3N3O4. The van der Waals surface area contributed by atoms with E-state index >= 15 is 0 Å². The van der Waals surface area contributed by atoms with Crippen LogP contribution in [0.3, 0.4) is 0 Å². The first-order valence-electron chi connectivity index (χ1n) is 8.36. The molecule has 0 spiro atoms. The van der Waals surface area contributed by atoms with Gasteiger partial charge in [0, 0.05) is 5.56 Å². The van der Waals surface area contributed by atoms with E-state index in [2.05, 4.69) is 10.7 Å². The second-order valence-electron chi connectivity index (χ2n) is 6.44. The van der Waals surface area contributed by atoms with Crippen LogP contribution in [0.15, 0.2) is 48.5 Å². The number of benzene rings is 2. The molecule has 1 heterocycles. The Hall–Kier alpha value is -3.56. The summed E-state index contributed by atoms with van der Waals surface area (Å²) in [6.07, 6.45) is -4.54. The highest BCUT2D eigenvalue weighted by molar-refractivity contribution is 6.09. The molecule has 0 radical (unpaired) electrons. The first kappa shape index (κ1) is 20.2. The molecule has 3 rings (SSSR count). The van der Waals surface area contributed by atoms with Crippen LogP contribution in [-0.2, 0) is 16.5 Å². The van der Waals surface area contributed by atoms with Gasteiger partial charge in [-0.15, -0.1) is 0 Å². The molecule has 0 bridgehead atoms. The first-order valence-corrected chi connectivity index (χ1v) is 8.36. The Bertz CT molecular complexity index is 975. The average Bonchev–Trinajstić information content (AvgIpc) is 2.91. The number of nitrogens with one attached hydrogen (secondary N) is 2. The van der Waals surface area contributed by atoms with Crippen molar-refractivity contribution in [2.24, 2.45) is 0 Å². The van der Waals surface area contributed by atoms with Crippen LogP contribution in [0.5, 0.6) is 5.75 Å². The lowest BCUT2D eigenvalue weighted by molar-refractivity contribution is -0.137. The molecule has 152 valence electrons. The number of carbonyl (C=O) groups excluding carboxylic acids is 3. The molecule has 0 aromatic heterocycles. The van der Waals surface area contributed by atoms with Crippen molar-refractivity contribution in [1.82, 2.24) is 15.8 Å². The molecule has 10 heteroatoms. The molecule has 0 aliphatic carbocycles. The molecule has 2 aromatic carbocycles. The lowest BCUT2D eigenvalue weighted by atomic mass is 9.92. The number of imide groups is 1. The summed E-state index contributed by atoms with van der Waals surface area (Å²) < 4.78 is 43.0. The predicted molar refractivity (Wildman–Crippen MR) is 94.6 cm³/mol. The van der Waals surface area contributed by atoms with Crippen molar-refractivity contribution >= 4 is 17.8 Å². The molecule has 0 saturated carbocycles. The molecular weight excluding hydrogens is 391 g/mol. The maximum absolute atomic E-state index is 12.8. The SMILES string of the molecule is COc1cccc([C@@]2(C)NC(=O)N(NC(=O)c3ccc(C(F)(F)F)cc3)C2=O)c1. The quantitative estimate of drug-likeness (QED) is 0.763. The van der Waals surface area contributed by atoms with Crippen LogP contribution in [0, 0.1) is 0 Å². The van der Waals surface area contributed by atoms with E-state index in [0.717, 1.165) is 24.3 Å². The summed E-state index contributed by atoms with van der Waals surface area (Å²) in [6, 6.07) is 9.00. The zero-order valence-electron chi connectivity index (χ0n) is 15.3. The summed E-state index contributed by atoms with van der Waals surface area (Å²) in [5.41, 5.74) is 0.0330. The van der Waals surface area contributed by atoms with E-state index in [1.54, 1.807) is 24.3 Å². The van der Waals surface area contributed by atoms with E-state index in [-0.39, 0.29) is 5.56 Å². The Kier molecular flexibility index (Phi) is 4.95. The highest BCUT2D eigenvalue weighted by atomic mass is 19.4. The molecule has 4 amide bonds. The number of alkyl halides is 3. The zero-order valence-corrected chi connectivity index (χ0v) is 15.3. The monoisotopic (exact) mass is 407 g/mol. The number of hydrogen-bond donors (Lipinski definition) is 2. The molecule has 2 aromatic rings. The lowest BCUT2D eigenvalue weighted by Gasteiger charge is -2.22. The summed E-state index contributed by atoms with van der Waals surface area (Å²) >= 11 is 0. The Morgan fingerprint density at radius 2 is 1.79 bits per heavy atom. The molecule has 1 atom stereocenters. The first-order chi connectivity index (χ1) is 13.6. The second kappa shape index (κ2) is 7.12. The van der Waals surface area contributed by atoms with Crippen molar-refractivity contribution in [2.75, 3.05) is 7.11 Å². The van der Waals surface area contributed by atoms with Gasteiger partial charge in [-0.2, -0.15) is 18.2 Å². The number of carbonyl (C=O) groups is 3. The minimum Gasteiger partial charge on any atom is -0.497 e. The van der Waals surface area contributed by atoms with Gasteiger partial charge in [0.05, 0.1) is 12.7 Å². The van der Waals surface area contributed by atoms with Gasteiger partial charge in [0.25, 0.3) is 11.8 Å². The van der Waals surface area contributed by atoms with E-state index in [1.807, 2.05) is 0 Å². The van der Waals surface area contributed by atoms with Gasteiger partial charge in [0.1, 0.15) is 11.3 Å². The number of nitrogens with zero attached hydrogens (tertiary/aromatic N) is 1. The van der Waals surface area contributed by atoms with Crippen LogP contribution in [0.25, 0.3) is 0 Å². The van der Waals surface area contributed by atoms with Crippen LogP contribution in [-0.4, -0.2) is 30.0 Å². The third-order valence-corrected chi connectivity index (χ3v) is 4.53. The largest absolute Gasteiger partial charge is 0.497 e. The Morgan fingerprint density at radius 3 is 2.38 bits per heavy atom. The molecule has 1 aliphatic heterocycles. The van der Waals surface area contributed by atoms with Crippen molar-refractivity contribution in [1.29, 1.82) is 0 Å². The van der Waals surface area contributed by atoms with Gasteiger partial charge < -0.3 is 10.1 Å². The van der Waals surface area contributed by atoms with Crippen molar-refractivity contribution in [3.63, 3.8) is 0 Å². The summed E-state index contributed by atoms with van der Waals surface area (Å²) in [5.74, 6) is -1.19. The molecule has 1 fully saturated rings. The predicted octanol–water partition coefficient (Wildman–Crippen LogP) is 2.83.